The molecule has 3 heterocycles. The van der Waals surface area contributed by atoms with Gasteiger partial charge in [-0.1, -0.05) is 12.1 Å². The summed E-state index contributed by atoms with van der Waals surface area (Å²) in [6.45, 7) is 1.83. The predicted molar refractivity (Wildman–Crippen MR) is 135 cm³/mol. The molecule has 6 nitrogen and oxygen atoms in total. The summed E-state index contributed by atoms with van der Waals surface area (Å²) in [5.74, 6) is 0.947. The maximum absolute atomic E-state index is 13.4. The Morgan fingerprint density at radius 1 is 0.973 bits per heavy atom. The van der Waals surface area contributed by atoms with Gasteiger partial charge in [0.1, 0.15) is 11.6 Å². The first-order chi connectivity index (χ1) is 17.7. The molecule has 0 aliphatic heterocycles. The van der Waals surface area contributed by atoms with Crippen molar-refractivity contribution < 1.29 is 22.7 Å². The number of ether oxygens (including phenoxy) is 1. The highest BCUT2D eigenvalue weighted by Gasteiger charge is 2.31. The lowest BCUT2D eigenvalue weighted by atomic mass is 10.1. The van der Waals surface area contributed by atoms with Crippen molar-refractivity contribution in [1.29, 1.82) is 0 Å². The van der Waals surface area contributed by atoms with Crippen molar-refractivity contribution in [2.24, 2.45) is 0 Å². The van der Waals surface area contributed by atoms with Gasteiger partial charge >= 0.3 is 6.18 Å². The first-order valence-corrected chi connectivity index (χ1v) is 11.4. The molecule has 0 amide bonds. The zero-order valence-electron chi connectivity index (χ0n) is 19.9. The van der Waals surface area contributed by atoms with E-state index in [2.05, 4.69) is 15.3 Å². The molecule has 0 saturated heterocycles. The number of alkyl halides is 3. The topological polar surface area (TPSA) is 69.0 Å². The number of carbonyl (C=O) groups excluding carboxylic acids is 1. The van der Waals surface area contributed by atoms with Gasteiger partial charge in [-0.25, -0.2) is 9.97 Å². The van der Waals surface area contributed by atoms with Gasteiger partial charge in [-0.05, 0) is 72.6 Å². The third-order valence-electron chi connectivity index (χ3n) is 5.98. The lowest BCUT2D eigenvalue weighted by molar-refractivity contribution is -0.137. The smallest absolute Gasteiger partial charge is 0.416 e. The number of benzene rings is 2. The van der Waals surface area contributed by atoms with Crippen LogP contribution in [-0.2, 0) is 6.18 Å². The summed E-state index contributed by atoms with van der Waals surface area (Å²) in [5.41, 5.74) is 1.94. The Morgan fingerprint density at radius 3 is 2.59 bits per heavy atom. The molecule has 0 atom stereocenters. The van der Waals surface area contributed by atoms with E-state index in [-0.39, 0.29) is 11.1 Å². The fraction of sp³-hybridized carbons (Fsp3) is 0.107. The van der Waals surface area contributed by atoms with Crippen molar-refractivity contribution in [1.82, 2.24) is 14.5 Å². The lowest BCUT2D eigenvalue weighted by Crippen LogP contribution is -2.12. The summed E-state index contributed by atoms with van der Waals surface area (Å²) in [6, 6.07) is 17.2. The molecule has 0 fully saturated rings. The van der Waals surface area contributed by atoms with Crippen LogP contribution in [0.5, 0.6) is 11.6 Å². The number of carbonyl (C=O) groups is 1. The van der Waals surface area contributed by atoms with Gasteiger partial charge < -0.3 is 10.1 Å². The molecule has 0 saturated carbocycles. The number of halogens is 3. The molecular weight excluding hydrogens is 481 g/mol. The molecule has 5 aromatic rings. The average molecular weight is 502 g/mol. The summed E-state index contributed by atoms with van der Waals surface area (Å²) in [4.78, 5) is 22.0. The molecule has 0 spiro atoms. The maximum Gasteiger partial charge on any atom is 0.416 e. The van der Waals surface area contributed by atoms with Crippen molar-refractivity contribution in [3.8, 4) is 22.8 Å². The van der Waals surface area contributed by atoms with Gasteiger partial charge in [0.05, 0.1) is 11.1 Å². The van der Waals surface area contributed by atoms with E-state index >= 15 is 0 Å². The largest absolute Gasteiger partial charge is 0.438 e. The van der Waals surface area contributed by atoms with Crippen LogP contribution in [0.2, 0.25) is 0 Å². The van der Waals surface area contributed by atoms with Crippen molar-refractivity contribution in [3.05, 3.63) is 102 Å². The summed E-state index contributed by atoms with van der Waals surface area (Å²) >= 11 is 0. The van der Waals surface area contributed by atoms with E-state index in [1.54, 1.807) is 49.8 Å². The highest BCUT2D eigenvalue weighted by molar-refractivity contribution is 6.02. The van der Waals surface area contributed by atoms with Crippen molar-refractivity contribution in [2.75, 3.05) is 12.4 Å². The summed E-state index contributed by atoms with van der Waals surface area (Å²) in [6.07, 6.45) is 0.231. The van der Waals surface area contributed by atoms with Gasteiger partial charge in [-0.2, -0.15) is 13.2 Å². The van der Waals surface area contributed by atoms with Crippen LogP contribution in [0.1, 0.15) is 21.5 Å². The second kappa shape index (κ2) is 9.42. The van der Waals surface area contributed by atoms with Crippen LogP contribution in [0.3, 0.4) is 0 Å². The van der Waals surface area contributed by atoms with Gasteiger partial charge in [0.15, 0.2) is 0 Å². The summed E-state index contributed by atoms with van der Waals surface area (Å²) in [7, 11) is 1.77. The third kappa shape index (κ3) is 4.75. The highest BCUT2D eigenvalue weighted by Crippen LogP contribution is 2.35. The van der Waals surface area contributed by atoms with E-state index in [0.29, 0.717) is 22.8 Å². The zero-order chi connectivity index (χ0) is 26.2. The van der Waals surface area contributed by atoms with Crippen LogP contribution in [0.15, 0.2) is 85.3 Å². The molecule has 3 aromatic heterocycles. The Labute approximate surface area is 210 Å². The van der Waals surface area contributed by atoms with Crippen LogP contribution < -0.4 is 10.1 Å². The number of aromatic nitrogens is 3. The van der Waals surface area contributed by atoms with Gasteiger partial charge in [0, 0.05) is 42.2 Å². The van der Waals surface area contributed by atoms with Crippen molar-refractivity contribution in [3.63, 3.8) is 0 Å². The second-order valence-corrected chi connectivity index (χ2v) is 8.38. The maximum atomic E-state index is 13.4. The van der Waals surface area contributed by atoms with E-state index in [4.69, 9.17) is 4.74 Å². The van der Waals surface area contributed by atoms with Crippen LogP contribution in [0, 0.1) is 6.92 Å². The minimum absolute atomic E-state index is 0.174. The number of fused-ring (bicyclic) bond motifs is 1. The van der Waals surface area contributed by atoms with Crippen LogP contribution in [0.25, 0.3) is 22.0 Å². The monoisotopic (exact) mass is 502 g/mol. The SMILES string of the molecule is CNc1cc(-c2cccnc2Oc2cc(C(=O)n3ccc4ccc(C(F)(F)F)cc43)ccc2C)ccn1. The zero-order valence-corrected chi connectivity index (χ0v) is 19.9. The van der Waals surface area contributed by atoms with Crippen molar-refractivity contribution in [2.45, 2.75) is 13.1 Å². The lowest BCUT2D eigenvalue weighted by Gasteiger charge is -2.14. The van der Waals surface area contributed by atoms with Gasteiger partial charge in [-0.3, -0.25) is 9.36 Å². The molecule has 9 heteroatoms. The van der Waals surface area contributed by atoms with Crippen molar-refractivity contribution >= 4 is 22.6 Å². The molecular formula is C28H21F3N4O2. The van der Waals surface area contributed by atoms with Gasteiger partial charge in [0.2, 0.25) is 5.88 Å². The Morgan fingerprint density at radius 2 is 1.81 bits per heavy atom. The molecule has 2 aromatic carbocycles. The normalized spacial score (nSPS) is 11.5. The fourth-order valence-electron chi connectivity index (χ4n) is 3.99. The van der Waals surface area contributed by atoms with Crippen LogP contribution in [-0.4, -0.2) is 27.5 Å². The number of hydrogen-bond donors (Lipinski definition) is 1. The molecule has 186 valence electrons. The Kier molecular flexibility index (Phi) is 6.12. The van der Waals surface area contributed by atoms with E-state index < -0.39 is 17.6 Å². The number of nitrogens with zero attached hydrogens (tertiary/aromatic N) is 3. The molecule has 0 aliphatic rings. The number of nitrogens with one attached hydrogen (secondary N) is 1. The standard InChI is InChI=1S/C28H21F3N4O2/c1-17-5-6-20(27(36)35-13-10-18-7-8-21(16-23(18)35)28(29,30)31)14-24(17)37-26-22(4-3-11-34-26)19-9-12-33-25(15-19)32-2/h3-16H,1-2H3,(H,32,33). The summed E-state index contributed by atoms with van der Waals surface area (Å²) < 4.78 is 47.1. The average Bonchev–Trinajstić information content (AvgIpc) is 3.33. The molecule has 1 N–H and O–H groups in total. The van der Waals surface area contributed by atoms with Crippen LogP contribution >= 0.6 is 0 Å². The second-order valence-electron chi connectivity index (χ2n) is 8.38. The number of pyridine rings is 2. The Balaban J connectivity index is 1.51. The minimum Gasteiger partial charge on any atom is -0.438 e. The quantitative estimate of drug-likeness (QED) is 0.282. The van der Waals surface area contributed by atoms with Gasteiger partial charge in [0.25, 0.3) is 5.91 Å². The molecule has 0 aliphatic carbocycles. The third-order valence-corrected chi connectivity index (χ3v) is 5.98. The van der Waals surface area contributed by atoms with E-state index in [0.717, 1.165) is 28.8 Å². The molecule has 0 unspecified atom stereocenters. The first-order valence-electron chi connectivity index (χ1n) is 11.4. The van der Waals surface area contributed by atoms with E-state index in [1.165, 1.54) is 16.8 Å². The molecule has 0 bridgehead atoms. The fourth-order valence-corrected chi connectivity index (χ4v) is 3.99. The van der Waals surface area contributed by atoms with Gasteiger partial charge in [-0.15, -0.1) is 0 Å². The Hall–Kier alpha value is -4.66. The van der Waals surface area contributed by atoms with E-state index in [9.17, 15) is 18.0 Å². The number of aryl methyl sites for hydroxylation is 1. The molecule has 0 radical (unpaired) electrons. The Bertz CT molecular complexity index is 1630. The highest BCUT2D eigenvalue weighted by atomic mass is 19.4. The summed E-state index contributed by atoms with van der Waals surface area (Å²) in [5, 5.41) is 3.53. The predicted octanol–water partition coefficient (Wildman–Crippen LogP) is 6.95. The number of rotatable bonds is 5. The minimum atomic E-state index is -4.51. The molecule has 5 rings (SSSR count). The first kappa shape index (κ1) is 24.1. The molecule has 37 heavy (non-hydrogen) atoms. The number of anilines is 1. The number of hydrogen-bond acceptors (Lipinski definition) is 5. The van der Waals surface area contributed by atoms with Crippen LogP contribution in [0.4, 0.5) is 19.0 Å². The van der Waals surface area contributed by atoms with E-state index in [1.807, 2.05) is 25.1 Å².